The topological polar surface area (TPSA) is 0 Å². The van der Waals surface area contributed by atoms with Gasteiger partial charge in [-0.15, -0.1) is 0 Å². The van der Waals surface area contributed by atoms with Crippen molar-refractivity contribution in [1.82, 2.24) is 0 Å². The first-order valence-corrected chi connectivity index (χ1v) is 20.1. The van der Waals surface area contributed by atoms with Gasteiger partial charge in [-0.05, 0) is 0 Å². The van der Waals surface area contributed by atoms with Crippen LogP contribution in [0.2, 0.25) is 23.1 Å². The molecule has 2 aromatic rings. The standard InChI is InChI=1S/C15H9Cl2.C9H13.C2H6Si.2ClH.Zr/c16-12-8-11-6-7-13(15(11)14(17)9-12)10-4-2-1-3-5-10;1-6-5-7(2)9(4)8(6)3;1-3-2;;;/h1-9H;6H,1-4H3;1-2H3;2*1H;/q;;;;;+2/p-2. The Morgan fingerprint density at radius 2 is 1.53 bits per heavy atom. The third-order valence-corrected chi connectivity index (χ3v) is 26.0. The van der Waals surface area contributed by atoms with Crippen LogP contribution in [-0.2, 0) is 20.4 Å². The van der Waals surface area contributed by atoms with Crippen molar-refractivity contribution in [3.63, 3.8) is 0 Å². The van der Waals surface area contributed by atoms with Crippen LogP contribution in [0.4, 0.5) is 0 Å². The van der Waals surface area contributed by atoms with Gasteiger partial charge in [0.15, 0.2) is 0 Å². The SMILES string of the molecule is CC1=C(C)C(C)[C]([Zr+2]([CH]2C=C(c3ccccc3)c3c(Cl)cc(Cl)cc32)=[Si](C)C)=C1C.[Cl-].[Cl-]. The molecule has 0 fully saturated rings. The number of halogens is 4. The van der Waals surface area contributed by atoms with Gasteiger partial charge in [-0.2, -0.15) is 0 Å². The second kappa shape index (κ2) is 11.1. The monoisotopic (exact) mass is 598 g/mol. The maximum Gasteiger partial charge on any atom is -1.00 e. The quantitative estimate of drug-likeness (QED) is 0.475. The van der Waals surface area contributed by atoms with Gasteiger partial charge >= 0.3 is 200 Å². The molecule has 0 radical (unpaired) electrons. The van der Waals surface area contributed by atoms with Crippen molar-refractivity contribution in [2.75, 3.05) is 0 Å². The summed E-state index contributed by atoms with van der Waals surface area (Å²) >= 11 is 11.3. The van der Waals surface area contributed by atoms with E-state index < -0.39 is 25.8 Å². The maximum absolute atomic E-state index is 6.82. The molecule has 2 aromatic carbocycles. The summed E-state index contributed by atoms with van der Waals surface area (Å²) < 4.78 is 2.33. The van der Waals surface area contributed by atoms with Gasteiger partial charge < -0.3 is 24.8 Å². The van der Waals surface area contributed by atoms with Gasteiger partial charge in [-0.25, -0.2) is 0 Å². The summed E-state index contributed by atoms with van der Waals surface area (Å²) in [6, 6.07) is 14.8. The van der Waals surface area contributed by atoms with Gasteiger partial charge in [-0.1, -0.05) is 0 Å². The van der Waals surface area contributed by atoms with E-state index in [-0.39, 0.29) is 24.8 Å². The third-order valence-electron chi connectivity index (χ3n) is 6.89. The summed E-state index contributed by atoms with van der Waals surface area (Å²) in [6.07, 6.45) is 2.56. The van der Waals surface area contributed by atoms with Crippen molar-refractivity contribution < 1.29 is 45.2 Å². The minimum Gasteiger partial charge on any atom is -1.00 e. The number of allylic oxidation sites excluding steroid dienone is 5. The van der Waals surface area contributed by atoms with E-state index in [0.29, 0.717) is 9.54 Å². The summed E-state index contributed by atoms with van der Waals surface area (Å²) in [6.45, 7) is 14.5. The minimum atomic E-state index is -2.05. The van der Waals surface area contributed by atoms with Crippen LogP contribution in [-0.4, -0.2) is 5.43 Å². The van der Waals surface area contributed by atoms with Gasteiger partial charge in [0.25, 0.3) is 0 Å². The second-order valence-electron chi connectivity index (χ2n) is 8.76. The fourth-order valence-electron chi connectivity index (χ4n) is 5.11. The molecule has 0 nitrogen and oxygen atoms in total. The largest absolute Gasteiger partial charge is 1.00 e. The van der Waals surface area contributed by atoms with E-state index in [1.807, 2.05) is 9.35 Å². The van der Waals surface area contributed by atoms with E-state index in [2.05, 4.69) is 83.3 Å². The second-order valence-corrected chi connectivity index (χ2v) is 27.0. The zero-order valence-corrected chi connectivity index (χ0v) is 25.8. The summed E-state index contributed by atoms with van der Waals surface area (Å²) in [4.78, 5) is 0. The van der Waals surface area contributed by atoms with Crippen molar-refractivity contribution in [2.24, 2.45) is 5.92 Å². The van der Waals surface area contributed by atoms with Gasteiger partial charge in [0.1, 0.15) is 0 Å². The molecule has 32 heavy (non-hydrogen) atoms. The molecule has 2 aliphatic rings. The first-order valence-electron chi connectivity index (χ1n) is 10.5. The van der Waals surface area contributed by atoms with Crippen molar-refractivity contribution >= 4 is 34.2 Å². The average molecular weight is 602 g/mol. The predicted octanol–water partition coefficient (Wildman–Crippen LogP) is 2.62. The Labute approximate surface area is 223 Å². The predicted molar refractivity (Wildman–Crippen MR) is 130 cm³/mol. The maximum atomic E-state index is 6.82. The number of hydrogen-bond donors (Lipinski definition) is 0. The average Bonchev–Trinajstić information content (AvgIpc) is 3.16. The summed E-state index contributed by atoms with van der Waals surface area (Å²) in [5, 5.41) is 1.54. The Kier molecular flexibility index (Phi) is 9.77. The zero-order chi connectivity index (χ0) is 21.7. The molecule has 0 N–H and O–H groups in total. The molecule has 2 atom stereocenters. The fourth-order valence-corrected chi connectivity index (χ4v) is 25.3. The number of benzene rings is 2. The first-order chi connectivity index (χ1) is 14.2. The molecular formula is C26H28Cl4SiZr. The molecule has 0 saturated carbocycles. The van der Waals surface area contributed by atoms with Crippen LogP contribution in [0.15, 0.2) is 68.5 Å². The molecule has 0 heterocycles. The number of hydrogen-bond acceptors (Lipinski definition) is 0. The number of rotatable bonds is 3. The van der Waals surface area contributed by atoms with E-state index in [0.717, 1.165) is 10.0 Å². The molecule has 0 spiro atoms. The Hall–Kier alpha value is -0.0800. The van der Waals surface area contributed by atoms with E-state index in [1.165, 1.54) is 27.8 Å². The summed E-state index contributed by atoms with van der Waals surface area (Å²) in [5.41, 5.74) is 9.37. The third kappa shape index (κ3) is 4.84. The molecule has 2 unspecified atom stereocenters. The van der Waals surface area contributed by atoms with Crippen molar-refractivity contribution in [1.29, 1.82) is 0 Å². The van der Waals surface area contributed by atoms with E-state index in [9.17, 15) is 0 Å². The van der Waals surface area contributed by atoms with E-state index >= 15 is 0 Å². The molecule has 0 aliphatic heterocycles. The molecular weight excluding hydrogens is 573 g/mol. The van der Waals surface area contributed by atoms with Gasteiger partial charge in [-0.3, -0.25) is 0 Å². The van der Waals surface area contributed by atoms with Crippen LogP contribution < -0.4 is 24.8 Å². The Balaban J connectivity index is 0.00000181. The fraction of sp³-hybridized carbons (Fsp3) is 0.308. The van der Waals surface area contributed by atoms with E-state index in [4.69, 9.17) is 23.2 Å². The van der Waals surface area contributed by atoms with Gasteiger partial charge in [0.2, 0.25) is 0 Å². The van der Waals surface area contributed by atoms with Crippen LogP contribution >= 0.6 is 23.2 Å². The smallest absolute Gasteiger partial charge is 1.00 e. The van der Waals surface area contributed by atoms with Crippen molar-refractivity contribution in [2.45, 2.75) is 44.4 Å². The molecule has 0 amide bonds. The summed E-state index contributed by atoms with van der Waals surface area (Å²) in [7, 11) is 0. The van der Waals surface area contributed by atoms with Crippen LogP contribution in [0.25, 0.3) is 5.57 Å². The van der Waals surface area contributed by atoms with E-state index in [1.54, 1.807) is 11.1 Å². The van der Waals surface area contributed by atoms with Gasteiger partial charge in [0, 0.05) is 0 Å². The zero-order valence-electron chi connectivity index (χ0n) is 19.3. The molecule has 4 rings (SSSR count). The van der Waals surface area contributed by atoms with Crippen LogP contribution in [0.3, 0.4) is 0 Å². The van der Waals surface area contributed by atoms with Crippen molar-refractivity contribution in [3.05, 3.63) is 95.3 Å². The molecule has 0 saturated heterocycles. The normalized spacial score (nSPS) is 19.0. The first kappa shape index (κ1) is 28.2. The van der Waals surface area contributed by atoms with Crippen LogP contribution in [0.1, 0.15) is 48.0 Å². The van der Waals surface area contributed by atoms with Crippen LogP contribution in [0.5, 0.6) is 0 Å². The molecule has 168 valence electrons. The van der Waals surface area contributed by atoms with Crippen molar-refractivity contribution in [3.8, 4) is 0 Å². The van der Waals surface area contributed by atoms with Crippen LogP contribution in [0, 0.1) is 5.92 Å². The summed E-state index contributed by atoms with van der Waals surface area (Å²) in [5.74, 6) is 0.589. The minimum absolute atomic E-state index is 0. The molecule has 2 aliphatic carbocycles. The molecule has 0 bridgehead atoms. The Morgan fingerprint density at radius 1 is 0.906 bits per heavy atom. The molecule has 0 aromatic heterocycles. The Morgan fingerprint density at radius 3 is 2.06 bits per heavy atom. The van der Waals surface area contributed by atoms with Gasteiger partial charge in [0.05, 0.1) is 0 Å². The Bertz CT molecular complexity index is 1170. The number of fused-ring (bicyclic) bond motifs is 1. The molecule has 6 heteroatoms.